The minimum Gasteiger partial charge on any atom is -0.493 e. The predicted molar refractivity (Wildman–Crippen MR) is 113 cm³/mol. The standard InChI is InChI=1S/C22H30N4O3/c1-3-12-29-21-18(16-13-24-25(14-16)17-8-10-23-11-9-17)6-7-20-19(21)5-4-15(2)26(20)22(27)28/h6-7,13-15,17,23H,3-5,8-12H2,1-2H3,(H,27,28)/t15-/m0/s1. The molecule has 2 N–H and O–H groups in total. The van der Waals surface area contributed by atoms with E-state index >= 15 is 0 Å². The first-order valence-electron chi connectivity index (χ1n) is 10.7. The molecule has 1 saturated heterocycles. The molecule has 7 nitrogen and oxygen atoms in total. The Morgan fingerprint density at radius 2 is 2.10 bits per heavy atom. The topological polar surface area (TPSA) is 79.6 Å². The van der Waals surface area contributed by atoms with E-state index in [4.69, 9.17) is 4.74 Å². The Morgan fingerprint density at radius 1 is 1.31 bits per heavy atom. The van der Waals surface area contributed by atoms with Crippen LogP contribution in [0.4, 0.5) is 10.5 Å². The smallest absolute Gasteiger partial charge is 0.412 e. The van der Waals surface area contributed by atoms with Crippen LogP contribution in [0.3, 0.4) is 0 Å². The van der Waals surface area contributed by atoms with Crippen LogP contribution in [0.1, 0.15) is 51.1 Å². The summed E-state index contributed by atoms with van der Waals surface area (Å²) < 4.78 is 8.26. The third-order valence-corrected chi connectivity index (χ3v) is 6.00. The van der Waals surface area contributed by atoms with Crippen LogP contribution in [0.5, 0.6) is 5.75 Å². The van der Waals surface area contributed by atoms with E-state index in [9.17, 15) is 9.90 Å². The fraction of sp³-hybridized carbons (Fsp3) is 0.545. The Kier molecular flexibility index (Phi) is 5.76. The number of rotatable bonds is 5. The highest BCUT2D eigenvalue weighted by atomic mass is 16.5. The lowest BCUT2D eigenvalue weighted by atomic mass is 9.92. The van der Waals surface area contributed by atoms with Crippen LogP contribution >= 0.6 is 0 Å². The van der Waals surface area contributed by atoms with E-state index in [1.165, 1.54) is 4.90 Å². The molecule has 1 aromatic carbocycles. The van der Waals surface area contributed by atoms with Gasteiger partial charge in [0.1, 0.15) is 5.75 Å². The lowest BCUT2D eigenvalue weighted by Gasteiger charge is -2.34. The van der Waals surface area contributed by atoms with Gasteiger partial charge in [0, 0.05) is 28.9 Å². The molecule has 0 aliphatic carbocycles. The van der Waals surface area contributed by atoms with Gasteiger partial charge in [0.2, 0.25) is 0 Å². The summed E-state index contributed by atoms with van der Waals surface area (Å²) in [5.74, 6) is 0.812. The van der Waals surface area contributed by atoms with E-state index in [2.05, 4.69) is 28.2 Å². The average Bonchev–Trinajstić information content (AvgIpc) is 3.22. The zero-order valence-electron chi connectivity index (χ0n) is 17.2. The number of hydrogen-bond acceptors (Lipinski definition) is 4. The summed E-state index contributed by atoms with van der Waals surface area (Å²) in [5.41, 5.74) is 3.76. The van der Waals surface area contributed by atoms with Gasteiger partial charge in [-0.2, -0.15) is 5.10 Å². The van der Waals surface area contributed by atoms with Crippen LogP contribution in [0, 0.1) is 0 Å². The van der Waals surface area contributed by atoms with Crippen molar-refractivity contribution in [2.45, 2.75) is 58.0 Å². The Labute approximate surface area is 171 Å². The third kappa shape index (κ3) is 3.83. The van der Waals surface area contributed by atoms with Crippen LogP contribution in [0.2, 0.25) is 0 Å². The molecule has 0 unspecified atom stereocenters. The quantitative estimate of drug-likeness (QED) is 0.793. The van der Waals surface area contributed by atoms with Crippen molar-refractivity contribution in [3.63, 3.8) is 0 Å². The molecule has 156 valence electrons. The van der Waals surface area contributed by atoms with Gasteiger partial charge < -0.3 is 15.2 Å². The van der Waals surface area contributed by atoms with Crippen molar-refractivity contribution in [3.05, 3.63) is 30.1 Å². The van der Waals surface area contributed by atoms with E-state index in [1.54, 1.807) is 0 Å². The van der Waals surface area contributed by atoms with Gasteiger partial charge in [-0.15, -0.1) is 0 Å². The third-order valence-electron chi connectivity index (χ3n) is 6.00. The zero-order chi connectivity index (χ0) is 20.4. The van der Waals surface area contributed by atoms with Crippen molar-refractivity contribution in [1.29, 1.82) is 0 Å². The summed E-state index contributed by atoms with van der Waals surface area (Å²) in [5, 5.41) is 17.7. The van der Waals surface area contributed by atoms with E-state index < -0.39 is 6.09 Å². The van der Waals surface area contributed by atoms with Crippen LogP contribution in [-0.4, -0.2) is 46.7 Å². The lowest BCUT2D eigenvalue weighted by Crippen LogP contribution is -2.41. The molecule has 2 aliphatic rings. The fourth-order valence-corrected chi connectivity index (χ4v) is 4.44. The highest BCUT2D eigenvalue weighted by molar-refractivity contribution is 5.91. The van der Waals surface area contributed by atoms with Crippen molar-refractivity contribution in [3.8, 4) is 16.9 Å². The summed E-state index contributed by atoms with van der Waals surface area (Å²) in [6, 6.07) is 4.30. The van der Waals surface area contributed by atoms with Gasteiger partial charge >= 0.3 is 6.09 Å². The second-order valence-corrected chi connectivity index (χ2v) is 8.02. The summed E-state index contributed by atoms with van der Waals surface area (Å²) in [4.78, 5) is 13.3. The number of fused-ring (bicyclic) bond motifs is 1. The molecule has 7 heteroatoms. The molecule has 2 aromatic rings. The summed E-state index contributed by atoms with van der Waals surface area (Å²) in [6.07, 6.45) is 7.77. The Bertz CT molecular complexity index is 873. The molecule has 0 radical (unpaired) electrons. The van der Waals surface area contributed by atoms with Crippen molar-refractivity contribution >= 4 is 11.8 Å². The molecule has 2 aliphatic heterocycles. The minimum atomic E-state index is -0.911. The molecule has 0 bridgehead atoms. The number of hydrogen-bond donors (Lipinski definition) is 2. The number of piperidine rings is 1. The number of amides is 1. The van der Waals surface area contributed by atoms with Crippen molar-refractivity contribution in [2.24, 2.45) is 0 Å². The van der Waals surface area contributed by atoms with Crippen molar-refractivity contribution < 1.29 is 14.6 Å². The lowest BCUT2D eigenvalue weighted by molar-refractivity contribution is 0.198. The summed E-state index contributed by atoms with van der Waals surface area (Å²) in [6.45, 7) is 6.69. The van der Waals surface area contributed by atoms with E-state index in [1.807, 2.05) is 25.3 Å². The normalized spacial score (nSPS) is 19.8. The second kappa shape index (κ2) is 8.45. The van der Waals surface area contributed by atoms with Crippen LogP contribution in [0.15, 0.2) is 24.5 Å². The second-order valence-electron chi connectivity index (χ2n) is 8.02. The number of anilines is 1. The van der Waals surface area contributed by atoms with Crippen LogP contribution in [-0.2, 0) is 6.42 Å². The monoisotopic (exact) mass is 398 g/mol. The highest BCUT2D eigenvalue weighted by Crippen LogP contribution is 2.43. The molecule has 0 saturated carbocycles. The van der Waals surface area contributed by atoms with E-state index in [0.29, 0.717) is 12.6 Å². The molecule has 1 aromatic heterocycles. The van der Waals surface area contributed by atoms with Crippen LogP contribution in [0.25, 0.3) is 11.1 Å². The first-order valence-corrected chi connectivity index (χ1v) is 10.7. The van der Waals surface area contributed by atoms with Gasteiger partial charge in [-0.3, -0.25) is 9.58 Å². The number of nitrogens with zero attached hydrogens (tertiary/aromatic N) is 3. The molecule has 0 spiro atoms. The average molecular weight is 399 g/mol. The Morgan fingerprint density at radius 3 is 2.83 bits per heavy atom. The molecule has 1 amide bonds. The van der Waals surface area contributed by atoms with E-state index in [-0.39, 0.29) is 6.04 Å². The number of carboxylic acid groups (broad SMARTS) is 1. The summed E-state index contributed by atoms with van der Waals surface area (Å²) in [7, 11) is 0. The predicted octanol–water partition coefficient (Wildman–Crippen LogP) is 4.08. The maximum Gasteiger partial charge on any atom is 0.412 e. The highest BCUT2D eigenvalue weighted by Gasteiger charge is 2.31. The van der Waals surface area contributed by atoms with Gasteiger partial charge in [0.05, 0.1) is 24.5 Å². The first-order chi connectivity index (χ1) is 14.1. The SMILES string of the molecule is CCCOc1c(-c2cnn(C3CCNCC3)c2)ccc2c1CC[C@H](C)N2C(=O)O. The molecule has 1 fully saturated rings. The zero-order valence-corrected chi connectivity index (χ0v) is 17.2. The van der Waals surface area contributed by atoms with Crippen molar-refractivity contribution in [1.82, 2.24) is 15.1 Å². The van der Waals surface area contributed by atoms with Gasteiger partial charge in [-0.05, 0) is 64.3 Å². The molecule has 29 heavy (non-hydrogen) atoms. The van der Waals surface area contributed by atoms with Gasteiger partial charge in [0.15, 0.2) is 0 Å². The van der Waals surface area contributed by atoms with Crippen LogP contribution < -0.4 is 15.0 Å². The van der Waals surface area contributed by atoms with Gasteiger partial charge in [-0.25, -0.2) is 4.79 Å². The molecule has 4 rings (SSSR count). The number of nitrogens with one attached hydrogen (secondary N) is 1. The van der Waals surface area contributed by atoms with Gasteiger partial charge in [-0.1, -0.05) is 6.92 Å². The summed E-state index contributed by atoms with van der Waals surface area (Å²) >= 11 is 0. The maximum absolute atomic E-state index is 11.9. The molecule has 1 atom stereocenters. The largest absolute Gasteiger partial charge is 0.493 e. The minimum absolute atomic E-state index is 0.0347. The maximum atomic E-state index is 11.9. The Hall–Kier alpha value is -2.54. The van der Waals surface area contributed by atoms with E-state index in [0.717, 1.165) is 73.3 Å². The molecule has 3 heterocycles. The number of carbonyl (C=O) groups is 1. The molecular formula is C22H30N4O3. The number of aromatic nitrogens is 2. The number of ether oxygens (including phenoxy) is 1. The van der Waals surface area contributed by atoms with Crippen molar-refractivity contribution in [2.75, 3.05) is 24.6 Å². The first kappa shape index (κ1) is 19.8. The fourth-order valence-electron chi connectivity index (χ4n) is 4.44. The molecular weight excluding hydrogens is 368 g/mol. The Balaban J connectivity index is 1.74. The number of benzene rings is 1. The van der Waals surface area contributed by atoms with Gasteiger partial charge in [0.25, 0.3) is 0 Å².